The number of hydrogen-bond donors (Lipinski definition) is 2. The third-order valence-electron chi connectivity index (χ3n) is 6.20. The summed E-state index contributed by atoms with van der Waals surface area (Å²) in [6.45, 7) is 2.68. The lowest BCUT2D eigenvalue weighted by atomic mass is 9.48. The van der Waals surface area contributed by atoms with Crippen LogP contribution in [0.5, 0.6) is 0 Å². The van der Waals surface area contributed by atoms with Crippen molar-refractivity contribution in [3.8, 4) is 6.07 Å². The van der Waals surface area contributed by atoms with E-state index in [4.69, 9.17) is 11.6 Å². The van der Waals surface area contributed by atoms with Crippen molar-refractivity contribution in [3.05, 3.63) is 11.8 Å². The molecule has 0 saturated heterocycles. The van der Waals surface area contributed by atoms with Gasteiger partial charge >= 0.3 is 0 Å². The molecule has 0 aromatic rings. The van der Waals surface area contributed by atoms with Gasteiger partial charge in [0.05, 0.1) is 0 Å². The molecule has 4 fully saturated rings. The van der Waals surface area contributed by atoms with Crippen LogP contribution in [0.3, 0.4) is 0 Å². The Morgan fingerprint density at radius 3 is 2.35 bits per heavy atom. The predicted octanol–water partition coefficient (Wildman–Crippen LogP) is 2.94. The number of amides is 1. The molecule has 2 N–H and O–H groups in total. The van der Waals surface area contributed by atoms with E-state index in [0.29, 0.717) is 12.4 Å². The van der Waals surface area contributed by atoms with Gasteiger partial charge in [-0.15, -0.1) is 11.6 Å². The minimum absolute atomic E-state index is 0.131. The zero-order valence-corrected chi connectivity index (χ0v) is 14.5. The van der Waals surface area contributed by atoms with Crippen LogP contribution in [0.25, 0.3) is 0 Å². The molecule has 1 amide bonds. The fourth-order valence-electron chi connectivity index (χ4n) is 5.51. The first kappa shape index (κ1) is 16.6. The second-order valence-electron chi connectivity index (χ2n) is 7.79. The van der Waals surface area contributed by atoms with Crippen molar-refractivity contribution < 1.29 is 4.79 Å². The predicted molar refractivity (Wildman–Crippen MR) is 90.6 cm³/mol. The van der Waals surface area contributed by atoms with E-state index in [1.807, 2.05) is 6.07 Å². The average Bonchev–Trinajstić information content (AvgIpc) is 2.50. The Balaban J connectivity index is 1.64. The van der Waals surface area contributed by atoms with Crippen LogP contribution in [0, 0.1) is 34.5 Å². The number of halogens is 1. The molecule has 5 heteroatoms. The van der Waals surface area contributed by atoms with E-state index in [1.165, 1.54) is 44.7 Å². The molecule has 0 aromatic heterocycles. The summed E-state index contributed by atoms with van der Waals surface area (Å²) in [5.74, 6) is 2.75. The highest BCUT2D eigenvalue weighted by Gasteiger charge is 2.53. The van der Waals surface area contributed by atoms with E-state index in [0.717, 1.165) is 17.8 Å². The number of nitriles is 1. The minimum Gasteiger partial charge on any atom is -0.388 e. The summed E-state index contributed by atoms with van der Waals surface area (Å²) in [5, 5.41) is 15.2. The van der Waals surface area contributed by atoms with Crippen LogP contribution in [0.1, 0.15) is 45.4 Å². The summed E-state index contributed by atoms with van der Waals surface area (Å²) in [5.41, 5.74) is 0.390. The molecule has 23 heavy (non-hydrogen) atoms. The van der Waals surface area contributed by atoms with E-state index >= 15 is 0 Å². The van der Waals surface area contributed by atoms with Gasteiger partial charge in [0.25, 0.3) is 5.91 Å². The number of alkyl halides is 1. The van der Waals surface area contributed by atoms with Crippen LogP contribution < -0.4 is 10.6 Å². The smallest absolute Gasteiger partial charge is 0.263 e. The topological polar surface area (TPSA) is 64.9 Å². The van der Waals surface area contributed by atoms with E-state index in [-0.39, 0.29) is 22.9 Å². The van der Waals surface area contributed by atoms with Crippen LogP contribution >= 0.6 is 11.6 Å². The molecule has 0 aliphatic heterocycles. The number of carbonyl (C=O) groups is 1. The number of nitrogens with one attached hydrogen (secondary N) is 2. The zero-order chi connectivity index (χ0) is 16.4. The molecule has 4 aliphatic rings. The Morgan fingerprint density at radius 1 is 1.30 bits per heavy atom. The van der Waals surface area contributed by atoms with Crippen LogP contribution in [-0.2, 0) is 4.79 Å². The Labute approximate surface area is 143 Å². The van der Waals surface area contributed by atoms with E-state index in [1.54, 1.807) is 0 Å². The third-order valence-corrected chi connectivity index (χ3v) is 6.39. The molecule has 0 spiro atoms. The maximum atomic E-state index is 12.4. The zero-order valence-electron chi connectivity index (χ0n) is 13.8. The fraction of sp³-hybridized carbons (Fsp3) is 0.778. The molecule has 0 heterocycles. The molecule has 1 atom stereocenters. The molecule has 1 unspecified atom stereocenters. The van der Waals surface area contributed by atoms with Crippen molar-refractivity contribution in [3.63, 3.8) is 0 Å². The maximum absolute atomic E-state index is 12.4. The monoisotopic (exact) mass is 335 g/mol. The summed E-state index contributed by atoms with van der Waals surface area (Å²) in [6, 6.07) is 2.12. The maximum Gasteiger partial charge on any atom is 0.263 e. The largest absolute Gasteiger partial charge is 0.388 e. The van der Waals surface area contributed by atoms with Crippen molar-refractivity contribution in [1.29, 1.82) is 5.26 Å². The van der Waals surface area contributed by atoms with Gasteiger partial charge in [-0.05, 0) is 68.6 Å². The van der Waals surface area contributed by atoms with Gasteiger partial charge in [-0.25, -0.2) is 0 Å². The lowest BCUT2D eigenvalue weighted by Crippen LogP contribution is -2.56. The van der Waals surface area contributed by atoms with Gasteiger partial charge in [0.1, 0.15) is 11.6 Å². The van der Waals surface area contributed by atoms with Crippen molar-refractivity contribution >= 4 is 17.5 Å². The lowest BCUT2D eigenvalue weighted by Gasteiger charge is -2.59. The first-order chi connectivity index (χ1) is 11.1. The summed E-state index contributed by atoms with van der Waals surface area (Å²) < 4.78 is 0. The summed E-state index contributed by atoms with van der Waals surface area (Å²) in [7, 11) is 0. The van der Waals surface area contributed by atoms with Gasteiger partial charge in [0.2, 0.25) is 0 Å². The van der Waals surface area contributed by atoms with Gasteiger partial charge in [0, 0.05) is 24.7 Å². The lowest BCUT2D eigenvalue weighted by molar-refractivity contribution is -0.122. The quantitative estimate of drug-likeness (QED) is 0.339. The molecule has 4 rings (SSSR count). The Hall–Kier alpha value is -1.21. The Kier molecular flexibility index (Phi) is 4.87. The second-order valence-corrected chi connectivity index (χ2v) is 8.17. The van der Waals surface area contributed by atoms with Crippen molar-refractivity contribution in [2.45, 2.75) is 51.5 Å². The van der Waals surface area contributed by atoms with Crippen molar-refractivity contribution in [2.24, 2.45) is 23.2 Å². The van der Waals surface area contributed by atoms with Gasteiger partial charge in [0.15, 0.2) is 0 Å². The molecular formula is C18H26ClN3O. The number of rotatable bonds is 6. The number of carbonyl (C=O) groups excluding carboxylic acids is 1. The molecule has 4 bridgehead atoms. The summed E-state index contributed by atoms with van der Waals surface area (Å²) in [6.07, 6.45) is 9.40. The van der Waals surface area contributed by atoms with E-state index in [2.05, 4.69) is 17.6 Å². The highest BCUT2D eigenvalue weighted by atomic mass is 35.5. The van der Waals surface area contributed by atoms with Gasteiger partial charge in [-0.3, -0.25) is 4.79 Å². The first-order valence-electron chi connectivity index (χ1n) is 8.77. The molecular weight excluding hydrogens is 310 g/mol. The van der Waals surface area contributed by atoms with Crippen LogP contribution in [0.15, 0.2) is 11.8 Å². The van der Waals surface area contributed by atoms with E-state index < -0.39 is 0 Å². The number of hydrogen-bond acceptors (Lipinski definition) is 3. The standard InChI is InChI=1S/C18H26ClN3O/c1-12(22-17(23)16(10-20)11-21-3-2-19)18-7-13-4-14(8-18)6-15(5-13)9-18/h11-15,21H,2-9H2,1H3,(H,22,23)/b16-11-. The molecule has 4 nitrogen and oxygen atoms in total. The summed E-state index contributed by atoms with van der Waals surface area (Å²) >= 11 is 5.59. The molecule has 0 radical (unpaired) electrons. The molecule has 4 aliphatic carbocycles. The Morgan fingerprint density at radius 2 is 1.87 bits per heavy atom. The highest BCUT2D eigenvalue weighted by molar-refractivity contribution is 6.18. The van der Waals surface area contributed by atoms with Crippen LogP contribution in [-0.4, -0.2) is 24.4 Å². The van der Waals surface area contributed by atoms with Crippen LogP contribution in [0.2, 0.25) is 0 Å². The third kappa shape index (κ3) is 3.35. The molecule has 126 valence electrons. The molecule has 0 aromatic carbocycles. The van der Waals surface area contributed by atoms with Gasteiger partial charge < -0.3 is 10.6 Å². The first-order valence-corrected chi connectivity index (χ1v) is 9.30. The number of nitrogens with zero attached hydrogens (tertiary/aromatic N) is 1. The van der Waals surface area contributed by atoms with Crippen molar-refractivity contribution in [1.82, 2.24) is 10.6 Å². The minimum atomic E-state index is -0.266. The second kappa shape index (κ2) is 6.73. The highest BCUT2D eigenvalue weighted by Crippen LogP contribution is 2.61. The Bertz CT molecular complexity index is 502. The van der Waals surface area contributed by atoms with Gasteiger partial charge in [-0.2, -0.15) is 5.26 Å². The van der Waals surface area contributed by atoms with Crippen molar-refractivity contribution in [2.75, 3.05) is 12.4 Å². The summed E-state index contributed by atoms with van der Waals surface area (Å²) in [4.78, 5) is 12.4. The SMILES string of the molecule is CC(NC(=O)/C(C#N)=C\NCCCl)C12CC3CC(CC(C3)C1)C2. The molecule has 4 saturated carbocycles. The van der Waals surface area contributed by atoms with Gasteiger partial charge in [-0.1, -0.05) is 0 Å². The average molecular weight is 336 g/mol. The van der Waals surface area contributed by atoms with E-state index in [9.17, 15) is 10.1 Å². The normalized spacial score (nSPS) is 36.4. The fourth-order valence-corrected chi connectivity index (χ4v) is 5.62. The van der Waals surface area contributed by atoms with Crippen LogP contribution in [0.4, 0.5) is 0 Å².